The fourth-order valence-corrected chi connectivity index (χ4v) is 13.7. The Morgan fingerprint density at radius 3 is 1.85 bits per heavy atom. The summed E-state index contributed by atoms with van der Waals surface area (Å²) in [5, 5.41) is 50.5. The number of phenols is 2. The lowest BCUT2D eigenvalue weighted by molar-refractivity contribution is -0.137. The van der Waals surface area contributed by atoms with E-state index in [0.29, 0.717) is 46.7 Å². The van der Waals surface area contributed by atoms with Crippen molar-refractivity contribution in [1.82, 2.24) is 37.2 Å². The van der Waals surface area contributed by atoms with Gasteiger partial charge in [0.1, 0.15) is 53.2 Å². The van der Waals surface area contributed by atoms with Gasteiger partial charge in [0.05, 0.1) is 17.0 Å². The number of sulfone groups is 1. The van der Waals surface area contributed by atoms with Crippen LogP contribution in [0.15, 0.2) is 132 Å². The van der Waals surface area contributed by atoms with Gasteiger partial charge in [-0.2, -0.15) is 0 Å². The van der Waals surface area contributed by atoms with Gasteiger partial charge in [0.15, 0.2) is 15.6 Å². The molecule has 24 nitrogen and oxygen atoms in total. The van der Waals surface area contributed by atoms with Crippen LogP contribution in [0.1, 0.15) is 71.6 Å². The molecule has 0 radical (unpaired) electrons. The van der Waals surface area contributed by atoms with Gasteiger partial charge >= 0.3 is 0 Å². The number of carbonyl (C=O) groups is 10. The maximum atomic E-state index is 15.2. The molecule has 0 bridgehead atoms. The van der Waals surface area contributed by atoms with Crippen LogP contribution < -0.4 is 48.7 Å². The van der Waals surface area contributed by atoms with E-state index >= 15 is 9.59 Å². The first kappa shape index (κ1) is 72.7. The van der Waals surface area contributed by atoms with Gasteiger partial charge in [0.25, 0.3) is 0 Å². The molecule has 1 fully saturated rings. The number of halogens is 1. The molecule has 0 aromatic heterocycles. The second-order valence-electron chi connectivity index (χ2n) is 22.3. The maximum Gasteiger partial charge on any atom is 0.248 e. The van der Waals surface area contributed by atoms with Crippen molar-refractivity contribution in [3.05, 3.63) is 160 Å². The lowest BCUT2D eigenvalue weighted by Crippen LogP contribution is -2.62. The normalized spacial score (nSPS) is 19.9. The van der Waals surface area contributed by atoms with Crippen LogP contribution in [0.25, 0.3) is 0 Å². The van der Waals surface area contributed by atoms with Crippen molar-refractivity contribution in [2.24, 2.45) is 23.3 Å². The minimum absolute atomic E-state index is 0.0393. The summed E-state index contributed by atoms with van der Waals surface area (Å²) < 4.78 is 26.9. The van der Waals surface area contributed by atoms with Crippen molar-refractivity contribution >= 4 is 102 Å². The highest BCUT2D eigenvalue weighted by atomic mass is 35.5. The number of carbonyl (C=O) groups excluding carboxylic acids is 10. The van der Waals surface area contributed by atoms with E-state index in [1.807, 2.05) is 0 Å². The van der Waals surface area contributed by atoms with Gasteiger partial charge in [-0.25, -0.2) is 8.42 Å². The minimum Gasteiger partial charge on any atom is -0.508 e. The van der Waals surface area contributed by atoms with Gasteiger partial charge in [-0.3, -0.25) is 47.9 Å². The molecule has 5 aromatic rings. The number of rotatable bonds is 25. The lowest BCUT2D eigenvalue weighted by atomic mass is 9.90. The molecule has 0 spiro atoms. The second kappa shape index (κ2) is 35.5. The summed E-state index contributed by atoms with van der Waals surface area (Å²) in [6, 6.07) is 21.5. The molecule has 6 rings (SSSR count). The number of nitrogens with one attached hydrogen (secondary N) is 7. The molecule has 28 heteroatoms. The molecule has 0 aliphatic carbocycles. The smallest absolute Gasteiger partial charge is 0.248 e. The molecular weight excluding hydrogens is 1270 g/mol. The summed E-state index contributed by atoms with van der Waals surface area (Å²) >= 11 is 6.20. The molecule has 8 amide bonds. The Hall–Kier alpha value is -8.34. The Balaban J connectivity index is 1.44. The number of hydrogen-bond donors (Lipinski definition) is 12. The van der Waals surface area contributed by atoms with Crippen LogP contribution in [0.5, 0.6) is 11.5 Å². The Morgan fingerprint density at radius 2 is 1.24 bits per heavy atom. The van der Waals surface area contributed by atoms with E-state index in [2.05, 4.69) is 37.2 Å². The number of hydrogen-bond acceptors (Lipinski definition) is 18. The van der Waals surface area contributed by atoms with Crippen molar-refractivity contribution in [2.75, 3.05) is 30.9 Å². The van der Waals surface area contributed by atoms with Gasteiger partial charge in [-0.1, -0.05) is 99.9 Å². The van der Waals surface area contributed by atoms with Gasteiger partial charge < -0.3 is 64.0 Å². The van der Waals surface area contributed by atoms with Crippen molar-refractivity contribution in [3.8, 4) is 11.5 Å². The van der Waals surface area contributed by atoms with Crippen LogP contribution in [0.3, 0.4) is 0 Å². The van der Waals surface area contributed by atoms with Gasteiger partial charge in [-0.05, 0) is 136 Å². The molecule has 1 saturated heterocycles. The van der Waals surface area contributed by atoms with Crippen molar-refractivity contribution in [2.45, 2.75) is 112 Å². The quantitative estimate of drug-likeness (QED) is 0.0295. The molecule has 1 aliphatic rings. The second-order valence-corrected chi connectivity index (χ2v) is 27.3. The topological polar surface area (TPSA) is 402 Å². The SMILES string of the molecule is CNCCCC[C@@H]1NC(=O)[C@@H](Cc2ccc(C(N)=O)cc2)NC(=O)[C@H](Cc2ccc(O)cc2)CC(=O)[C@H](NC(=O)[C@@H](CC(=O)CS(=O)(=O)c2ccccc2)Cc2ccc(Cl)cc2)CSSC[C@@H](C(=O)N[C@H](Cc2ccc(O)cc2)C(N)=O)NC(=O)[C@H]([C@@H](C)O)NC1=O. The van der Waals surface area contributed by atoms with Crippen molar-refractivity contribution < 1.29 is 71.7 Å². The molecule has 14 N–H and O–H groups in total. The summed E-state index contributed by atoms with van der Waals surface area (Å²) in [6.45, 7) is 1.70. The van der Waals surface area contributed by atoms with Crippen LogP contribution in [0.2, 0.25) is 5.02 Å². The first-order chi connectivity index (χ1) is 43.8. The Labute approximate surface area is 545 Å². The zero-order chi connectivity index (χ0) is 67.1. The van der Waals surface area contributed by atoms with E-state index in [9.17, 15) is 62.1 Å². The van der Waals surface area contributed by atoms with E-state index in [1.165, 1.54) is 104 Å². The number of benzene rings is 5. The maximum absolute atomic E-state index is 15.2. The van der Waals surface area contributed by atoms with E-state index in [4.69, 9.17) is 23.1 Å². The number of ketones is 2. The number of amides is 8. The standard InChI is InChI=1S/C64H76ClN9O15S3/c1-37(75)56-64(87)73-54(63(86)70-51(58(67)81)30-41-17-25-47(77)26-18-41)35-91-90-34-53(72-59(82)43(28-38-13-21-45(65)22-14-38)32-48(78)36-92(88,89)49-8-4-3-5-9-49)55(79)33-44(29-39-15-23-46(76)24-16-39)60(83)71-52(31-40-11-19-42(20-12-40)57(66)80)62(85)69-50(61(84)74-56)10-6-7-27-68-2/h3-5,8-9,11-26,37,43-44,50-54,56,68,75-77H,6-7,10,27-36H2,1-2H3,(H2,66,80)(H2,67,81)(H,69,85)(H,70,86)(H,71,83)(H,72,82)(H,73,87)(H,74,84)/t37-,43-,44-,50+,51-,52-,53-,54+,56+/m1/s1. The molecule has 1 heterocycles. The predicted octanol–water partition coefficient (Wildman–Crippen LogP) is 2.31. The van der Waals surface area contributed by atoms with Crippen LogP contribution in [0.4, 0.5) is 0 Å². The number of unbranched alkanes of at least 4 members (excludes halogenated alkanes) is 1. The highest BCUT2D eigenvalue weighted by Crippen LogP contribution is 2.27. The number of phenolic OH excluding ortho intramolecular Hbond substituents is 2. The van der Waals surface area contributed by atoms with E-state index < -0.39 is 141 Å². The largest absolute Gasteiger partial charge is 0.508 e. The first-order valence-corrected chi connectivity index (χ1v) is 34.0. The van der Waals surface area contributed by atoms with Gasteiger partial charge in [0, 0.05) is 59.6 Å². The third-order valence-corrected chi connectivity index (χ3v) is 19.4. The van der Waals surface area contributed by atoms with Gasteiger partial charge in [-0.15, -0.1) is 0 Å². The van der Waals surface area contributed by atoms with Crippen LogP contribution in [0, 0.1) is 11.8 Å². The highest BCUT2D eigenvalue weighted by molar-refractivity contribution is 8.76. The van der Waals surface area contributed by atoms with Crippen LogP contribution >= 0.6 is 33.2 Å². The zero-order valence-electron chi connectivity index (χ0n) is 50.5. The number of Topliss-reactive ketones (excluding diaryl/α,β-unsaturated/α-hetero) is 2. The highest BCUT2D eigenvalue weighted by Gasteiger charge is 2.37. The summed E-state index contributed by atoms with van der Waals surface area (Å²) in [5.41, 5.74) is 13.3. The summed E-state index contributed by atoms with van der Waals surface area (Å²) in [5.74, 6) is -13.5. The Kier molecular flexibility index (Phi) is 28.0. The third-order valence-electron chi connectivity index (χ3n) is 15.0. The average molecular weight is 1340 g/mol. The van der Waals surface area contributed by atoms with E-state index in [1.54, 1.807) is 37.4 Å². The van der Waals surface area contributed by atoms with Crippen LogP contribution in [-0.2, 0) is 78.7 Å². The predicted molar refractivity (Wildman–Crippen MR) is 347 cm³/mol. The first-order valence-electron chi connectivity index (χ1n) is 29.5. The number of aliphatic hydroxyl groups is 1. The molecule has 1 aliphatic heterocycles. The van der Waals surface area contributed by atoms with Gasteiger partial charge in [0.2, 0.25) is 47.3 Å². The number of aromatic hydroxyl groups is 2. The summed E-state index contributed by atoms with van der Waals surface area (Å²) in [7, 11) is -0.652. The van der Waals surface area contributed by atoms with E-state index in [-0.39, 0.29) is 65.6 Å². The molecule has 92 heavy (non-hydrogen) atoms. The fourth-order valence-electron chi connectivity index (χ4n) is 9.91. The third kappa shape index (κ3) is 23.1. The molecular formula is C64H76ClN9O15S3. The number of nitrogens with two attached hydrogens (primary N) is 2. The Morgan fingerprint density at radius 1 is 0.674 bits per heavy atom. The molecule has 0 saturated carbocycles. The average Bonchev–Trinajstić information content (AvgIpc) is 2.40. The number of aliphatic hydroxyl groups excluding tert-OH is 1. The Bertz CT molecular complexity index is 3500. The molecule has 0 unspecified atom stereocenters. The fraction of sp³-hybridized carbons (Fsp3) is 0.375. The van der Waals surface area contributed by atoms with Crippen molar-refractivity contribution in [3.63, 3.8) is 0 Å². The monoisotopic (exact) mass is 1340 g/mol. The minimum atomic E-state index is -4.19. The molecule has 5 aromatic carbocycles. The van der Waals surface area contributed by atoms with Crippen molar-refractivity contribution in [1.29, 1.82) is 0 Å². The van der Waals surface area contributed by atoms with Crippen LogP contribution in [-0.4, -0.2) is 156 Å². The molecule has 492 valence electrons. The zero-order valence-corrected chi connectivity index (χ0v) is 53.7. The van der Waals surface area contributed by atoms with E-state index in [0.717, 1.165) is 21.6 Å². The lowest BCUT2D eigenvalue weighted by Gasteiger charge is -2.29. The number of primary amides is 2. The molecule has 9 atom stereocenters. The summed E-state index contributed by atoms with van der Waals surface area (Å²) in [6.07, 6.45) is -2.92. The summed E-state index contributed by atoms with van der Waals surface area (Å²) in [4.78, 5) is 142.